The molecule has 2 amide bonds. The normalized spacial score (nSPS) is 10.7. The van der Waals surface area contributed by atoms with Gasteiger partial charge in [-0.25, -0.2) is 9.18 Å². The van der Waals surface area contributed by atoms with Crippen molar-refractivity contribution in [2.24, 2.45) is 7.05 Å². The molecule has 0 bridgehead atoms. The van der Waals surface area contributed by atoms with Crippen LogP contribution in [0.3, 0.4) is 0 Å². The predicted molar refractivity (Wildman–Crippen MR) is 113 cm³/mol. The number of fused-ring (bicyclic) bond motifs is 1. The lowest BCUT2D eigenvalue weighted by Gasteiger charge is -2.11. The number of alkyl halides is 1. The molecule has 10 nitrogen and oxygen atoms in total. The smallest absolute Gasteiger partial charge is 0.338 e. The Morgan fingerprint density at radius 1 is 1.22 bits per heavy atom. The van der Waals surface area contributed by atoms with Gasteiger partial charge in [-0.15, -0.1) is 0 Å². The fourth-order valence-electron chi connectivity index (χ4n) is 3.37. The Balaban J connectivity index is 1.73. The molecule has 0 atom stereocenters. The standard InChI is InChI=1S/C21H15FN6O4/c1-28-16(8-12-3-2-4-15(18(12)28)24-17(29)9-22)20(30)25-14-6-5-11(10-23)7-13(14)19-26-21(31)32-27-19/h2-8H,9H2,1H3,(H,24,29)(H,25,30)(H,26,27,31). The van der Waals surface area contributed by atoms with Crippen molar-refractivity contribution in [3.8, 4) is 17.5 Å². The molecule has 0 aliphatic rings. The van der Waals surface area contributed by atoms with Crippen LogP contribution in [-0.2, 0) is 11.8 Å². The monoisotopic (exact) mass is 434 g/mol. The minimum atomic E-state index is -1.17. The largest absolute Gasteiger partial charge is 0.439 e. The summed E-state index contributed by atoms with van der Waals surface area (Å²) in [5, 5.41) is 18.7. The Labute approximate surface area is 179 Å². The van der Waals surface area contributed by atoms with E-state index in [4.69, 9.17) is 0 Å². The highest BCUT2D eigenvalue weighted by molar-refractivity contribution is 6.10. The second kappa shape index (κ2) is 8.19. The first-order valence-electron chi connectivity index (χ1n) is 9.27. The Kier molecular flexibility index (Phi) is 5.26. The van der Waals surface area contributed by atoms with E-state index in [1.165, 1.54) is 18.2 Å². The first-order chi connectivity index (χ1) is 15.4. The average Bonchev–Trinajstić information content (AvgIpc) is 3.37. The molecule has 0 aliphatic heterocycles. The number of rotatable bonds is 5. The number of halogens is 1. The zero-order valence-electron chi connectivity index (χ0n) is 16.6. The van der Waals surface area contributed by atoms with Gasteiger partial charge in [-0.2, -0.15) is 5.26 Å². The third kappa shape index (κ3) is 3.72. The number of hydrogen-bond acceptors (Lipinski definition) is 6. The van der Waals surface area contributed by atoms with E-state index < -0.39 is 24.2 Å². The number of carbonyl (C=O) groups excluding carboxylic acids is 2. The molecule has 160 valence electrons. The van der Waals surface area contributed by atoms with Crippen LogP contribution in [0.4, 0.5) is 15.8 Å². The Hall–Kier alpha value is -4.72. The Bertz CT molecular complexity index is 1460. The molecule has 4 aromatic rings. The van der Waals surface area contributed by atoms with E-state index in [1.807, 2.05) is 6.07 Å². The van der Waals surface area contributed by atoms with E-state index in [0.717, 1.165) is 0 Å². The van der Waals surface area contributed by atoms with E-state index in [0.29, 0.717) is 22.2 Å². The van der Waals surface area contributed by atoms with Crippen LogP contribution in [0, 0.1) is 11.3 Å². The zero-order chi connectivity index (χ0) is 22.8. The number of aryl methyl sites for hydroxylation is 1. The van der Waals surface area contributed by atoms with Crippen molar-refractivity contribution >= 4 is 34.1 Å². The van der Waals surface area contributed by atoms with Crippen LogP contribution in [0.25, 0.3) is 22.3 Å². The van der Waals surface area contributed by atoms with Gasteiger partial charge in [0.15, 0.2) is 12.5 Å². The van der Waals surface area contributed by atoms with Gasteiger partial charge in [0.05, 0.1) is 28.5 Å². The third-order valence-corrected chi connectivity index (χ3v) is 4.78. The molecule has 0 radical (unpaired) electrons. The molecule has 0 aliphatic carbocycles. The van der Waals surface area contributed by atoms with Gasteiger partial charge < -0.3 is 15.2 Å². The molecule has 2 aromatic heterocycles. The van der Waals surface area contributed by atoms with Crippen molar-refractivity contribution in [3.63, 3.8) is 0 Å². The van der Waals surface area contributed by atoms with Crippen molar-refractivity contribution in [3.05, 3.63) is 64.3 Å². The van der Waals surface area contributed by atoms with Gasteiger partial charge in [-0.1, -0.05) is 17.3 Å². The second-order valence-corrected chi connectivity index (χ2v) is 6.78. The summed E-state index contributed by atoms with van der Waals surface area (Å²) in [5.41, 5.74) is 2.03. The van der Waals surface area contributed by atoms with Gasteiger partial charge >= 0.3 is 5.76 Å². The van der Waals surface area contributed by atoms with Crippen molar-refractivity contribution in [2.45, 2.75) is 0 Å². The summed E-state index contributed by atoms with van der Waals surface area (Å²) in [6.45, 7) is -1.17. The summed E-state index contributed by atoms with van der Waals surface area (Å²) in [6, 6.07) is 13.1. The number of H-pyrrole nitrogens is 1. The molecule has 2 aromatic carbocycles. The average molecular weight is 434 g/mol. The number of nitrogens with zero attached hydrogens (tertiary/aromatic N) is 3. The van der Waals surface area contributed by atoms with Gasteiger partial charge in [-0.05, 0) is 30.3 Å². The van der Waals surface area contributed by atoms with Crippen LogP contribution in [0.5, 0.6) is 0 Å². The third-order valence-electron chi connectivity index (χ3n) is 4.78. The van der Waals surface area contributed by atoms with Gasteiger partial charge in [0, 0.05) is 18.0 Å². The van der Waals surface area contributed by atoms with Gasteiger partial charge in [0.25, 0.3) is 11.8 Å². The number of aromatic nitrogens is 3. The highest BCUT2D eigenvalue weighted by Crippen LogP contribution is 2.29. The maximum Gasteiger partial charge on any atom is 0.439 e. The summed E-state index contributed by atoms with van der Waals surface area (Å²) in [4.78, 5) is 38.3. The number of anilines is 2. The van der Waals surface area contributed by atoms with E-state index in [-0.39, 0.29) is 22.8 Å². The van der Waals surface area contributed by atoms with Crippen LogP contribution < -0.4 is 16.4 Å². The van der Waals surface area contributed by atoms with Crippen LogP contribution in [0.2, 0.25) is 0 Å². The number of benzene rings is 2. The topological polar surface area (TPSA) is 146 Å². The molecule has 3 N–H and O–H groups in total. The molecule has 0 unspecified atom stereocenters. The predicted octanol–water partition coefficient (Wildman–Crippen LogP) is 2.55. The van der Waals surface area contributed by atoms with E-state index in [2.05, 4.69) is 25.3 Å². The zero-order valence-corrected chi connectivity index (χ0v) is 16.6. The molecule has 0 fully saturated rings. The van der Waals surface area contributed by atoms with Gasteiger partial charge in [0.1, 0.15) is 5.69 Å². The first-order valence-corrected chi connectivity index (χ1v) is 9.27. The highest BCUT2D eigenvalue weighted by Gasteiger charge is 2.19. The molecular formula is C21H15FN6O4. The molecule has 0 saturated heterocycles. The summed E-state index contributed by atoms with van der Waals surface area (Å²) in [7, 11) is 1.64. The molecule has 0 spiro atoms. The number of hydrogen-bond donors (Lipinski definition) is 3. The van der Waals surface area contributed by atoms with Crippen molar-refractivity contribution < 1.29 is 18.5 Å². The lowest BCUT2D eigenvalue weighted by atomic mass is 10.1. The summed E-state index contributed by atoms with van der Waals surface area (Å²) in [6.07, 6.45) is 0. The highest BCUT2D eigenvalue weighted by atomic mass is 19.1. The van der Waals surface area contributed by atoms with Crippen molar-refractivity contribution in [1.82, 2.24) is 14.7 Å². The van der Waals surface area contributed by atoms with Crippen LogP contribution in [0.15, 0.2) is 51.8 Å². The number of nitriles is 1. The van der Waals surface area contributed by atoms with Crippen LogP contribution in [0.1, 0.15) is 16.1 Å². The van der Waals surface area contributed by atoms with Crippen molar-refractivity contribution in [2.75, 3.05) is 17.3 Å². The molecule has 4 rings (SSSR count). The van der Waals surface area contributed by atoms with Crippen LogP contribution in [-0.4, -0.2) is 33.2 Å². The lowest BCUT2D eigenvalue weighted by molar-refractivity contribution is -0.117. The minimum absolute atomic E-state index is 0.0515. The van der Waals surface area contributed by atoms with Gasteiger partial charge in [-0.3, -0.25) is 19.1 Å². The molecular weight excluding hydrogens is 419 g/mol. The number of nitrogens with one attached hydrogen (secondary N) is 3. The van der Waals surface area contributed by atoms with E-state index in [9.17, 15) is 24.0 Å². The SMILES string of the molecule is Cn1c(C(=O)Nc2ccc(C#N)cc2-c2noc(=O)[nH]2)cc2cccc(NC(=O)CF)c21. The first kappa shape index (κ1) is 20.5. The molecule has 0 saturated carbocycles. The lowest BCUT2D eigenvalue weighted by Crippen LogP contribution is -2.17. The Morgan fingerprint density at radius 3 is 2.72 bits per heavy atom. The van der Waals surface area contributed by atoms with E-state index >= 15 is 0 Å². The minimum Gasteiger partial charge on any atom is -0.338 e. The van der Waals surface area contributed by atoms with Crippen LogP contribution >= 0.6 is 0 Å². The fourth-order valence-corrected chi connectivity index (χ4v) is 3.37. The summed E-state index contributed by atoms with van der Waals surface area (Å²) < 4.78 is 18.7. The summed E-state index contributed by atoms with van der Waals surface area (Å²) >= 11 is 0. The quantitative estimate of drug-likeness (QED) is 0.440. The summed E-state index contributed by atoms with van der Waals surface area (Å²) in [5.74, 6) is -2.02. The fraction of sp³-hybridized carbons (Fsp3) is 0.0952. The second-order valence-electron chi connectivity index (χ2n) is 6.78. The molecule has 32 heavy (non-hydrogen) atoms. The number of carbonyl (C=O) groups is 2. The number of aromatic amines is 1. The number of amides is 2. The van der Waals surface area contributed by atoms with Gasteiger partial charge in [0.2, 0.25) is 0 Å². The molecule has 11 heteroatoms. The maximum atomic E-state index is 13.1. The Morgan fingerprint density at radius 2 is 2.03 bits per heavy atom. The van der Waals surface area contributed by atoms with E-state index in [1.54, 1.807) is 35.9 Å². The van der Waals surface area contributed by atoms with Crippen molar-refractivity contribution in [1.29, 1.82) is 5.26 Å². The molecule has 2 heterocycles. The number of para-hydroxylation sites is 1. The maximum absolute atomic E-state index is 13.1.